The first-order valence-corrected chi connectivity index (χ1v) is 8.01. The van der Waals surface area contributed by atoms with Crippen LogP contribution in [0.1, 0.15) is 52.3 Å². The number of nitrogens with zero attached hydrogens (tertiary/aromatic N) is 2. The van der Waals surface area contributed by atoms with Crippen LogP contribution in [0.3, 0.4) is 0 Å². The van der Waals surface area contributed by atoms with Crippen molar-refractivity contribution in [3.05, 3.63) is 16.3 Å². The summed E-state index contributed by atoms with van der Waals surface area (Å²) in [4.78, 5) is 23.3. The highest BCUT2D eigenvalue weighted by Gasteiger charge is 2.36. The Labute approximate surface area is 135 Å². The molecule has 0 aliphatic heterocycles. The van der Waals surface area contributed by atoms with Crippen LogP contribution in [0.5, 0.6) is 0 Å². The van der Waals surface area contributed by atoms with E-state index in [4.69, 9.17) is 4.74 Å². The number of aromatic nitrogens is 3. The Morgan fingerprint density at radius 1 is 1.48 bits per heavy atom. The Morgan fingerprint density at radius 2 is 2.17 bits per heavy atom. The summed E-state index contributed by atoms with van der Waals surface area (Å²) in [6.45, 7) is 8.16. The molecule has 1 amide bonds. The lowest BCUT2D eigenvalue weighted by molar-refractivity contribution is 0.0500. The van der Waals surface area contributed by atoms with Crippen molar-refractivity contribution >= 4 is 6.09 Å². The molecule has 1 aliphatic carbocycles. The summed E-state index contributed by atoms with van der Waals surface area (Å²) < 4.78 is 6.77. The number of ether oxygens (including phenoxy) is 1. The van der Waals surface area contributed by atoms with Crippen LogP contribution in [-0.2, 0) is 11.3 Å². The van der Waals surface area contributed by atoms with Crippen molar-refractivity contribution in [1.82, 2.24) is 20.1 Å². The van der Waals surface area contributed by atoms with E-state index in [-0.39, 0.29) is 17.5 Å². The third kappa shape index (κ3) is 4.34. The lowest BCUT2D eigenvalue weighted by atomic mass is 10.0. The molecule has 0 bridgehead atoms. The summed E-state index contributed by atoms with van der Waals surface area (Å²) in [6.07, 6.45) is 0.178. The number of H-pyrrole nitrogens is 1. The molecule has 3 atom stereocenters. The molecule has 0 unspecified atom stereocenters. The molecular weight excluding hydrogens is 300 g/mol. The summed E-state index contributed by atoms with van der Waals surface area (Å²) in [6, 6.07) is 0. The first-order valence-electron chi connectivity index (χ1n) is 8.01. The summed E-state index contributed by atoms with van der Waals surface area (Å²) in [7, 11) is 0. The summed E-state index contributed by atoms with van der Waals surface area (Å²) in [5, 5.41) is 19.5. The topological polar surface area (TPSA) is 109 Å². The number of nitrogens with one attached hydrogen (secondary N) is 2. The lowest BCUT2D eigenvalue weighted by Crippen LogP contribution is -2.36. The van der Waals surface area contributed by atoms with Gasteiger partial charge in [-0.3, -0.25) is 4.57 Å². The molecule has 0 spiro atoms. The molecule has 1 aliphatic rings. The van der Waals surface area contributed by atoms with Crippen LogP contribution >= 0.6 is 0 Å². The van der Waals surface area contributed by atoms with Crippen LogP contribution in [0, 0.1) is 5.92 Å². The van der Waals surface area contributed by atoms with Crippen molar-refractivity contribution in [2.75, 3.05) is 6.54 Å². The monoisotopic (exact) mass is 326 g/mol. The number of aliphatic hydroxyl groups excluding tert-OH is 1. The van der Waals surface area contributed by atoms with Gasteiger partial charge in [0.2, 0.25) is 0 Å². The fourth-order valence-corrected chi connectivity index (χ4v) is 3.01. The smallest absolute Gasteiger partial charge is 0.407 e. The molecule has 3 N–H and O–H groups in total. The number of hydrogen-bond acceptors (Lipinski definition) is 5. The van der Waals surface area contributed by atoms with Crippen LogP contribution in [0.2, 0.25) is 0 Å². The van der Waals surface area contributed by atoms with E-state index in [1.807, 2.05) is 6.92 Å². The van der Waals surface area contributed by atoms with Gasteiger partial charge >= 0.3 is 11.8 Å². The van der Waals surface area contributed by atoms with Gasteiger partial charge in [0.1, 0.15) is 11.4 Å². The Kier molecular flexibility index (Phi) is 5.13. The third-order valence-electron chi connectivity index (χ3n) is 4.03. The summed E-state index contributed by atoms with van der Waals surface area (Å²) in [5.41, 5.74) is -0.778. The predicted molar refractivity (Wildman–Crippen MR) is 84.2 cm³/mol. The fourth-order valence-electron chi connectivity index (χ4n) is 3.01. The first kappa shape index (κ1) is 17.5. The number of carbonyl (C=O) groups excluding carboxylic acids is 1. The second kappa shape index (κ2) is 6.74. The molecule has 23 heavy (non-hydrogen) atoms. The molecule has 1 aromatic rings. The minimum Gasteiger partial charge on any atom is -0.444 e. The van der Waals surface area contributed by atoms with Gasteiger partial charge in [0.05, 0.1) is 6.10 Å². The minimum atomic E-state index is -0.548. The van der Waals surface area contributed by atoms with E-state index in [1.54, 1.807) is 25.3 Å². The predicted octanol–water partition coefficient (Wildman–Crippen LogP) is 0.970. The van der Waals surface area contributed by atoms with Gasteiger partial charge in [-0.1, -0.05) is 0 Å². The molecule has 8 heteroatoms. The zero-order valence-electron chi connectivity index (χ0n) is 14.1. The van der Waals surface area contributed by atoms with Gasteiger partial charge in [-0.25, -0.2) is 14.7 Å². The van der Waals surface area contributed by atoms with E-state index in [0.717, 1.165) is 0 Å². The van der Waals surface area contributed by atoms with E-state index < -0.39 is 17.8 Å². The van der Waals surface area contributed by atoms with E-state index in [2.05, 4.69) is 15.5 Å². The van der Waals surface area contributed by atoms with E-state index in [1.165, 1.54) is 0 Å². The number of carbonyl (C=O) groups is 1. The van der Waals surface area contributed by atoms with Gasteiger partial charge < -0.3 is 15.2 Å². The van der Waals surface area contributed by atoms with Crippen molar-refractivity contribution in [1.29, 1.82) is 0 Å². The molecule has 130 valence electrons. The van der Waals surface area contributed by atoms with Gasteiger partial charge in [-0.05, 0) is 40.5 Å². The van der Waals surface area contributed by atoms with Crippen molar-refractivity contribution in [2.45, 2.75) is 64.7 Å². The van der Waals surface area contributed by atoms with Gasteiger partial charge in [0.15, 0.2) is 0 Å². The minimum absolute atomic E-state index is 0.00864. The largest absolute Gasteiger partial charge is 0.444 e. The quantitative estimate of drug-likeness (QED) is 0.764. The molecule has 0 aromatic carbocycles. The maximum absolute atomic E-state index is 11.7. The molecule has 0 radical (unpaired) electrons. The van der Waals surface area contributed by atoms with Crippen LogP contribution < -0.4 is 11.0 Å². The molecule has 8 nitrogen and oxygen atoms in total. The Balaban J connectivity index is 1.94. The zero-order chi connectivity index (χ0) is 17.2. The van der Waals surface area contributed by atoms with E-state index in [0.29, 0.717) is 31.8 Å². The highest BCUT2D eigenvalue weighted by Crippen LogP contribution is 2.37. The van der Waals surface area contributed by atoms with Crippen molar-refractivity contribution < 1.29 is 14.6 Å². The van der Waals surface area contributed by atoms with Crippen LogP contribution in [0.15, 0.2) is 4.79 Å². The van der Waals surface area contributed by atoms with Crippen LogP contribution in [0.25, 0.3) is 0 Å². The number of aromatic amines is 1. The van der Waals surface area contributed by atoms with Gasteiger partial charge in [0, 0.05) is 24.9 Å². The highest BCUT2D eigenvalue weighted by molar-refractivity contribution is 5.67. The molecule has 2 rings (SSSR count). The first-order chi connectivity index (χ1) is 10.7. The average Bonchev–Trinajstić information content (AvgIpc) is 2.97. The van der Waals surface area contributed by atoms with Gasteiger partial charge in [-0.15, -0.1) is 0 Å². The number of amides is 1. The molecule has 1 saturated carbocycles. The standard InChI is InChI=1S/C15H26N4O4/c1-5-19-12(17-18-13(19)21)9-6-10(11(20)7-9)8-16-14(22)23-15(2,3)4/h9-11,20H,5-8H2,1-4H3,(H,16,22)(H,18,21)/t9-,10+,11+/m1/s1. The maximum atomic E-state index is 11.7. The number of rotatable bonds is 4. The highest BCUT2D eigenvalue weighted by atomic mass is 16.6. The van der Waals surface area contributed by atoms with E-state index >= 15 is 0 Å². The second-order valence-electron chi connectivity index (χ2n) is 7.01. The lowest BCUT2D eigenvalue weighted by Gasteiger charge is -2.21. The van der Waals surface area contributed by atoms with E-state index in [9.17, 15) is 14.7 Å². The normalized spacial score (nSPS) is 24.7. The number of hydrogen-bond donors (Lipinski definition) is 3. The fraction of sp³-hybridized carbons (Fsp3) is 0.800. The number of aliphatic hydroxyl groups is 1. The van der Waals surface area contributed by atoms with Crippen LogP contribution in [-0.4, -0.2) is 44.2 Å². The summed E-state index contributed by atoms with van der Waals surface area (Å²) in [5.74, 6) is 0.607. The third-order valence-corrected chi connectivity index (χ3v) is 4.03. The Hall–Kier alpha value is -1.83. The molecular formula is C15H26N4O4. The van der Waals surface area contributed by atoms with Crippen molar-refractivity contribution in [2.24, 2.45) is 5.92 Å². The Bertz CT molecular complexity index is 601. The van der Waals surface area contributed by atoms with Crippen molar-refractivity contribution in [3.63, 3.8) is 0 Å². The average molecular weight is 326 g/mol. The van der Waals surface area contributed by atoms with Crippen molar-refractivity contribution in [3.8, 4) is 0 Å². The second-order valence-corrected chi connectivity index (χ2v) is 7.01. The summed E-state index contributed by atoms with van der Waals surface area (Å²) >= 11 is 0. The zero-order valence-corrected chi connectivity index (χ0v) is 14.1. The Morgan fingerprint density at radius 3 is 2.78 bits per heavy atom. The molecule has 1 fully saturated rings. The molecule has 1 aromatic heterocycles. The van der Waals surface area contributed by atoms with Gasteiger partial charge in [-0.2, -0.15) is 5.10 Å². The van der Waals surface area contributed by atoms with Crippen LogP contribution in [0.4, 0.5) is 4.79 Å². The molecule has 0 saturated heterocycles. The van der Waals surface area contributed by atoms with Gasteiger partial charge in [0.25, 0.3) is 0 Å². The number of alkyl carbamates (subject to hydrolysis) is 1. The molecule has 1 heterocycles. The SMILES string of the molecule is CCn1c([C@@H]2C[C@@H](CNC(=O)OC(C)(C)C)[C@@H](O)C2)n[nH]c1=O. The maximum Gasteiger partial charge on any atom is 0.407 e.